The quantitative estimate of drug-likeness (QED) is 0.749. The van der Waals surface area contributed by atoms with Gasteiger partial charge in [-0.05, 0) is 42.7 Å². The summed E-state index contributed by atoms with van der Waals surface area (Å²) in [6.07, 6.45) is 1.60. The number of rotatable bonds is 5. The molecule has 26 heavy (non-hydrogen) atoms. The summed E-state index contributed by atoms with van der Waals surface area (Å²) in [6.45, 7) is 0.301. The fourth-order valence-corrected chi connectivity index (χ4v) is 5.87. The van der Waals surface area contributed by atoms with Crippen LogP contribution in [0.15, 0.2) is 40.6 Å². The minimum atomic E-state index is -3.76. The van der Waals surface area contributed by atoms with Crippen LogP contribution in [0.5, 0.6) is 0 Å². The van der Waals surface area contributed by atoms with Crippen LogP contribution in [-0.2, 0) is 14.8 Å². The van der Waals surface area contributed by atoms with Crippen LogP contribution in [0.4, 0.5) is 4.39 Å². The summed E-state index contributed by atoms with van der Waals surface area (Å²) < 4.78 is 39.8. The molecular weight excluding hydrogens is 399 g/mol. The van der Waals surface area contributed by atoms with Crippen molar-refractivity contribution >= 4 is 38.9 Å². The largest absolute Gasteiger partial charge is 0.335 e. The molecule has 1 amide bonds. The van der Waals surface area contributed by atoms with Crippen LogP contribution < -0.4 is 0 Å². The highest BCUT2D eigenvalue weighted by Gasteiger charge is 2.32. The van der Waals surface area contributed by atoms with Gasteiger partial charge in [-0.1, -0.05) is 23.7 Å². The molecule has 140 valence electrons. The molecule has 0 spiro atoms. The second kappa shape index (κ2) is 7.64. The van der Waals surface area contributed by atoms with E-state index in [-0.39, 0.29) is 28.5 Å². The number of hydrogen-bond acceptors (Lipinski definition) is 4. The molecule has 1 aromatic heterocycles. The fraction of sp³-hybridized carbons (Fsp3) is 0.353. The molecule has 1 aliphatic rings. The molecule has 3 rings (SSSR count). The number of likely N-dealkylation sites (N-methyl/N-ethyl adjacent to an activating group) is 1. The molecule has 1 aromatic carbocycles. The molecule has 0 bridgehead atoms. The van der Waals surface area contributed by atoms with Gasteiger partial charge in [-0.3, -0.25) is 4.79 Å². The van der Waals surface area contributed by atoms with Crippen LogP contribution in [0.1, 0.15) is 24.4 Å². The third kappa shape index (κ3) is 3.93. The molecule has 0 N–H and O–H groups in total. The number of hydrogen-bond donors (Lipinski definition) is 0. The second-order valence-electron chi connectivity index (χ2n) is 6.12. The van der Waals surface area contributed by atoms with E-state index in [1.165, 1.54) is 31.3 Å². The normalized spacial score (nSPS) is 17.8. The average Bonchev–Trinajstić information content (AvgIpc) is 3.24. The van der Waals surface area contributed by atoms with E-state index < -0.39 is 10.0 Å². The number of thiophene rings is 1. The number of carbonyl (C=O) groups excluding carboxylic acids is 1. The zero-order valence-corrected chi connectivity index (χ0v) is 16.5. The van der Waals surface area contributed by atoms with E-state index in [1.807, 2.05) is 0 Å². The zero-order chi connectivity index (χ0) is 18.9. The Kier molecular flexibility index (Phi) is 5.67. The van der Waals surface area contributed by atoms with Crippen molar-refractivity contribution in [1.82, 2.24) is 9.21 Å². The van der Waals surface area contributed by atoms with Crippen molar-refractivity contribution in [2.75, 3.05) is 20.1 Å². The van der Waals surface area contributed by atoms with Crippen molar-refractivity contribution in [3.8, 4) is 0 Å². The Morgan fingerprint density at radius 3 is 2.62 bits per heavy atom. The number of sulfonamides is 1. The van der Waals surface area contributed by atoms with Gasteiger partial charge >= 0.3 is 0 Å². The van der Waals surface area contributed by atoms with Crippen LogP contribution in [0, 0.1) is 5.82 Å². The van der Waals surface area contributed by atoms with Gasteiger partial charge in [0.1, 0.15) is 10.0 Å². The van der Waals surface area contributed by atoms with Gasteiger partial charge in [0.2, 0.25) is 5.91 Å². The molecule has 0 saturated carbocycles. The van der Waals surface area contributed by atoms with Gasteiger partial charge in [-0.2, -0.15) is 4.31 Å². The fourth-order valence-electron chi connectivity index (χ4n) is 3.05. The third-order valence-electron chi connectivity index (χ3n) is 4.40. The number of likely N-dealkylation sites (tertiary alicyclic amines) is 1. The minimum absolute atomic E-state index is 0.106. The van der Waals surface area contributed by atoms with Gasteiger partial charge in [-0.15, -0.1) is 11.3 Å². The number of amides is 1. The average molecular weight is 417 g/mol. The minimum Gasteiger partial charge on any atom is -0.335 e. The molecular formula is C17H18ClFN2O3S2. The molecule has 1 saturated heterocycles. The monoisotopic (exact) mass is 416 g/mol. The van der Waals surface area contributed by atoms with Crippen LogP contribution in [-0.4, -0.2) is 43.7 Å². The Balaban J connectivity index is 1.73. The highest BCUT2D eigenvalue weighted by atomic mass is 35.5. The smallest absolute Gasteiger partial charge is 0.252 e. The van der Waals surface area contributed by atoms with Gasteiger partial charge in [0.05, 0.1) is 16.9 Å². The Morgan fingerprint density at radius 1 is 1.31 bits per heavy atom. The Morgan fingerprint density at radius 2 is 2.00 bits per heavy atom. The summed E-state index contributed by atoms with van der Waals surface area (Å²) in [7, 11) is -2.38. The topological polar surface area (TPSA) is 57.7 Å². The van der Waals surface area contributed by atoms with Crippen LogP contribution in [0.25, 0.3) is 0 Å². The summed E-state index contributed by atoms with van der Waals surface area (Å²) >= 11 is 6.77. The maximum absolute atomic E-state index is 13.1. The lowest BCUT2D eigenvalue weighted by atomic mass is 10.0. The SMILES string of the molecule is CN(CC(=O)N1CCCC1c1ccc(F)cc1)S(=O)(=O)c1ccc(Cl)s1. The first kappa shape index (κ1) is 19.3. The van der Waals surface area contributed by atoms with E-state index in [0.29, 0.717) is 10.9 Å². The van der Waals surface area contributed by atoms with Crippen LogP contribution in [0.3, 0.4) is 0 Å². The van der Waals surface area contributed by atoms with Gasteiger partial charge < -0.3 is 4.90 Å². The van der Waals surface area contributed by atoms with Crippen molar-refractivity contribution in [3.63, 3.8) is 0 Å². The van der Waals surface area contributed by atoms with Crippen molar-refractivity contribution in [3.05, 3.63) is 52.1 Å². The summed E-state index contributed by atoms with van der Waals surface area (Å²) in [4.78, 5) is 14.4. The molecule has 5 nitrogen and oxygen atoms in total. The Labute approximate surface area is 161 Å². The number of carbonyl (C=O) groups is 1. The first-order valence-corrected chi connectivity index (χ1v) is 10.7. The van der Waals surface area contributed by atoms with E-state index in [4.69, 9.17) is 11.6 Å². The Bertz CT molecular complexity index is 899. The maximum Gasteiger partial charge on any atom is 0.252 e. The summed E-state index contributed by atoms with van der Waals surface area (Å²) in [5, 5.41) is 0. The predicted octanol–water partition coefficient (Wildman–Crippen LogP) is 3.52. The Hall–Kier alpha value is -1.48. The van der Waals surface area contributed by atoms with Crippen LogP contribution in [0.2, 0.25) is 4.34 Å². The molecule has 0 aliphatic carbocycles. The molecule has 2 aromatic rings. The summed E-state index contributed by atoms with van der Waals surface area (Å²) in [5.41, 5.74) is 0.854. The molecule has 2 heterocycles. The molecule has 0 radical (unpaired) electrons. The second-order valence-corrected chi connectivity index (χ2v) is 10.1. The first-order valence-electron chi connectivity index (χ1n) is 8.05. The van der Waals surface area contributed by atoms with E-state index in [1.54, 1.807) is 17.0 Å². The molecule has 1 unspecified atom stereocenters. The summed E-state index contributed by atoms with van der Waals surface area (Å²) in [6, 6.07) is 8.86. The van der Waals surface area contributed by atoms with E-state index in [2.05, 4.69) is 0 Å². The van der Waals surface area contributed by atoms with Gasteiger partial charge in [-0.25, -0.2) is 12.8 Å². The molecule has 1 aliphatic heterocycles. The van der Waals surface area contributed by atoms with Crippen molar-refractivity contribution in [1.29, 1.82) is 0 Å². The van der Waals surface area contributed by atoms with Gasteiger partial charge in [0.25, 0.3) is 10.0 Å². The van der Waals surface area contributed by atoms with Crippen molar-refractivity contribution in [2.24, 2.45) is 0 Å². The standard InChI is InChI=1S/C17H18ClFN2O3S2/c1-20(26(23,24)17-9-8-15(18)25-17)11-16(22)21-10-2-3-14(21)12-4-6-13(19)7-5-12/h4-9,14H,2-3,10-11H2,1H3. The lowest BCUT2D eigenvalue weighted by molar-refractivity contribution is -0.132. The predicted molar refractivity (Wildman–Crippen MR) is 99.2 cm³/mol. The maximum atomic E-state index is 13.1. The summed E-state index contributed by atoms with van der Waals surface area (Å²) in [5.74, 6) is -0.601. The highest BCUT2D eigenvalue weighted by molar-refractivity contribution is 7.91. The van der Waals surface area contributed by atoms with Gasteiger partial charge in [0.15, 0.2) is 0 Å². The lowest BCUT2D eigenvalue weighted by Crippen LogP contribution is -2.40. The molecule has 9 heteroatoms. The molecule has 1 fully saturated rings. The number of nitrogens with zero attached hydrogens (tertiary/aromatic N) is 2. The van der Waals surface area contributed by atoms with Gasteiger partial charge in [0, 0.05) is 13.6 Å². The van der Waals surface area contributed by atoms with Crippen LogP contribution >= 0.6 is 22.9 Å². The van der Waals surface area contributed by atoms with E-state index >= 15 is 0 Å². The number of halogens is 2. The first-order chi connectivity index (χ1) is 12.3. The molecule has 1 atom stereocenters. The zero-order valence-electron chi connectivity index (χ0n) is 14.1. The third-order valence-corrected chi connectivity index (χ3v) is 7.90. The number of benzene rings is 1. The van der Waals surface area contributed by atoms with E-state index in [9.17, 15) is 17.6 Å². The lowest BCUT2D eigenvalue weighted by Gasteiger charge is -2.27. The highest BCUT2D eigenvalue weighted by Crippen LogP contribution is 2.32. The van der Waals surface area contributed by atoms with Crippen molar-refractivity contribution in [2.45, 2.75) is 23.1 Å². The van der Waals surface area contributed by atoms with E-state index in [0.717, 1.165) is 34.0 Å². The van der Waals surface area contributed by atoms with Crippen molar-refractivity contribution < 1.29 is 17.6 Å².